The van der Waals surface area contributed by atoms with Crippen molar-refractivity contribution in [3.8, 4) is 17.2 Å². The van der Waals surface area contributed by atoms with Gasteiger partial charge in [-0.1, -0.05) is 30.0 Å². The number of benzene rings is 2. The zero-order valence-electron chi connectivity index (χ0n) is 17.4. The van der Waals surface area contributed by atoms with Crippen LogP contribution in [0.3, 0.4) is 0 Å². The molecular weight excluding hydrogens is 447 g/mol. The molecule has 2 aromatic rings. The fourth-order valence-corrected chi connectivity index (χ4v) is 3.96. The van der Waals surface area contributed by atoms with Crippen LogP contribution in [0.2, 0.25) is 0 Å². The predicted molar refractivity (Wildman–Crippen MR) is 116 cm³/mol. The smallest absolute Gasteiger partial charge is 0.416 e. The van der Waals surface area contributed by atoms with Crippen LogP contribution in [0.25, 0.3) is 0 Å². The lowest BCUT2D eigenvalue weighted by molar-refractivity contribution is -0.137. The maximum Gasteiger partial charge on any atom is 0.416 e. The SMILES string of the molecule is COc1cc(C=N/N=C2\NC(=O)C(Cc3cccc(C(F)(F)F)c3)S2)cc(OC)c1OC. The van der Waals surface area contributed by atoms with Crippen LogP contribution >= 0.6 is 11.8 Å². The standard InChI is InChI=1S/C21H20F3N3O4S/c1-29-15-8-13(9-16(30-2)18(15)31-3)11-25-27-20-26-19(28)17(32-20)10-12-5-4-6-14(7-12)21(22,23)24/h4-9,11,17H,10H2,1-3H3,(H,26,27,28). The Labute approximate surface area is 186 Å². The summed E-state index contributed by atoms with van der Waals surface area (Å²) in [5.41, 5.74) is 0.288. The van der Waals surface area contributed by atoms with Gasteiger partial charge < -0.3 is 19.5 Å². The third-order valence-electron chi connectivity index (χ3n) is 4.49. The summed E-state index contributed by atoms with van der Waals surface area (Å²) in [5, 5.41) is 10.2. The molecule has 1 unspecified atom stereocenters. The third kappa shape index (κ3) is 5.52. The van der Waals surface area contributed by atoms with Gasteiger partial charge >= 0.3 is 6.18 Å². The summed E-state index contributed by atoms with van der Waals surface area (Å²) in [7, 11) is 4.48. The van der Waals surface area contributed by atoms with Gasteiger partial charge in [-0.15, -0.1) is 5.10 Å². The average molecular weight is 467 g/mol. The summed E-state index contributed by atoms with van der Waals surface area (Å²) in [6.07, 6.45) is -2.85. The van der Waals surface area contributed by atoms with Gasteiger partial charge in [-0.25, -0.2) is 0 Å². The van der Waals surface area contributed by atoms with Crippen molar-refractivity contribution in [1.82, 2.24) is 5.32 Å². The lowest BCUT2D eigenvalue weighted by Crippen LogP contribution is -2.26. The second-order valence-electron chi connectivity index (χ2n) is 6.61. The van der Waals surface area contributed by atoms with Crippen LogP contribution in [0, 0.1) is 0 Å². The Hall–Kier alpha value is -3.21. The van der Waals surface area contributed by atoms with E-state index < -0.39 is 17.0 Å². The third-order valence-corrected chi connectivity index (χ3v) is 5.57. The first kappa shape index (κ1) is 23.5. The van der Waals surface area contributed by atoms with E-state index >= 15 is 0 Å². The number of alkyl halides is 3. The van der Waals surface area contributed by atoms with Crippen molar-refractivity contribution in [2.75, 3.05) is 21.3 Å². The van der Waals surface area contributed by atoms with Gasteiger partial charge in [-0.05, 0) is 30.2 Å². The number of hydrogen-bond acceptors (Lipinski definition) is 7. The minimum atomic E-state index is -4.44. The van der Waals surface area contributed by atoms with E-state index in [1.165, 1.54) is 33.6 Å². The number of methoxy groups -OCH3 is 3. The number of carbonyl (C=O) groups is 1. The molecule has 32 heavy (non-hydrogen) atoms. The van der Waals surface area contributed by atoms with Crippen molar-refractivity contribution in [3.63, 3.8) is 0 Å². The van der Waals surface area contributed by atoms with E-state index in [1.54, 1.807) is 18.2 Å². The summed E-state index contributed by atoms with van der Waals surface area (Å²) in [4.78, 5) is 12.2. The van der Waals surface area contributed by atoms with E-state index in [9.17, 15) is 18.0 Å². The van der Waals surface area contributed by atoms with E-state index in [4.69, 9.17) is 14.2 Å². The van der Waals surface area contributed by atoms with E-state index in [0.717, 1.165) is 23.9 Å². The molecule has 1 aliphatic heterocycles. The lowest BCUT2D eigenvalue weighted by atomic mass is 10.1. The number of amides is 1. The van der Waals surface area contributed by atoms with Crippen LogP contribution in [0.1, 0.15) is 16.7 Å². The largest absolute Gasteiger partial charge is 0.493 e. The van der Waals surface area contributed by atoms with Crippen molar-refractivity contribution >= 4 is 29.1 Å². The van der Waals surface area contributed by atoms with Gasteiger partial charge in [0.1, 0.15) is 0 Å². The fraction of sp³-hybridized carbons (Fsp3) is 0.286. The molecular formula is C21H20F3N3O4S. The maximum atomic E-state index is 12.9. The number of rotatable bonds is 7. The Morgan fingerprint density at radius 2 is 1.78 bits per heavy atom. The van der Waals surface area contributed by atoms with Crippen molar-refractivity contribution in [2.24, 2.45) is 10.2 Å². The maximum absolute atomic E-state index is 12.9. The summed E-state index contributed by atoms with van der Waals surface area (Å²) >= 11 is 1.11. The molecule has 1 saturated heterocycles. The summed E-state index contributed by atoms with van der Waals surface area (Å²) in [5.74, 6) is 1.000. The number of hydrogen-bond donors (Lipinski definition) is 1. The first-order chi connectivity index (χ1) is 15.2. The zero-order valence-corrected chi connectivity index (χ0v) is 18.2. The van der Waals surface area contributed by atoms with Crippen molar-refractivity contribution in [2.45, 2.75) is 17.8 Å². The molecule has 0 aliphatic carbocycles. The number of amidine groups is 1. The van der Waals surface area contributed by atoms with Crippen LogP contribution in [0.5, 0.6) is 17.2 Å². The van der Waals surface area contributed by atoms with Gasteiger partial charge in [0, 0.05) is 5.56 Å². The Morgan fingerprint density at radius 3 is 2.38 bits per heavy atom. The summed E-state index contributed by atoms with van der Waals surface area (Å²) in [6.45, 7) is 0. The van der Waals surface area contributed by atoms with Gasteiger partial charge in [0.25, 0.3) is 0 Å². The minimum absolute atomic E-state index is 0.135. The molecule has 0 aromatic heterocycles. The van der Waals surface area contributed by atoms with Crippen LogP contribution in [0.4, 0.5) is 13.2 Å². The van der Waals surface area contributed by atoms with E-state index in [1.807, 2.05) is 0 Å². The summed E-state index contributed by atoms with van der Waals surface area (Å²) in [6, 6.07) is 8.29. The van der Waals surface area contributed by atoms with Crippen LogP contribution in [-0.4, -0.2) is 43.9 Å². The molecule has 0 bridgehead atoms. The zero-order chi connectivity index (χ0) is 23.3. The van der Waals surface area contributed by atoms with E-state index in [-0.39, 0.29) is 17.5 Å². The molecule has 170 valence electrons. The molecule has 2 aromatic carbocycles. The molecule has 0 radical (unpaired) electrons. The van der Waals surface area contributed by atoms with Crippen molar-refractivity contribution < 1.29 is 32.2 Å². The first-order valence-corrected chi connectivity index (χ1v) is 10.2. The second-order valence-corrected chi connectivity index (χ2v) is 7.80. The quantitative estimate of drug-likeness (QED) is 0.494. The average Bonchev–Trinajstić information content (AvgIpc) is 3.11. The van der Waals surface area contributed by atoms with Crippen LogP contribution in [-0.2, 0) is 17.4 Å². The number of nitrogens with one attached hydrogen (secondary N) is 1. The second kappa shape index (κ2) is 9.94. The highest BCUT2D eigenvalue weighted by Gasteiger charge is 2.33. The molecule has 3 rings (SSSR count). The first-order valence-electron chi connectivity index (χ1n) is 9.30. The number of nitrogens with zero attached hydrogens (tertiary/aromatic N) is 2. The predicted octanol–water partition coefficient (Wildman–Crippen LogP) is 3.90. The van der Waals surface area contributed by atoms with Gasteiger partial charge in [-0.3, -0.25) is 4.79 Å². The van der Waals surface area contributed by atoms with E-state index in [0.29, 0.717) is 28.4 Å². The number of ether oxygens (including phenoxy) is 3. The van der Waals surface area contributed by atoms with Gasteiger partial charge in [0.2, 0.25) is 11.7 Å². The molecule has 0 spiro atoms. The van der Waals surface area contributed by atoms with E-state index in [2.05, 4.69) is 15.5 Å². The molecule has 1 heterocycles. The van der Waals surface area contributed by atoms with Crippen molar-refractivity contribution in [1.29, 1.82) is 0 Å². The number of halogens is 3. The summed E-state index contributed by atoms with van der Waals surface area (Å²) < 4.78 is 54.5. The van der Waals surface area contributed by atoms with Gasteiger partial charge in [-0.2, -0.15) is 18.3 Å². The highest BCUT2D eigenvalue weighted by molar-refractivity contribution is 8.15. The Bertz CT molecular complexity index is 1030. The Morgan fingerprint density at radius 1 is 1.09 bits per heavy atom. The molecule has 1 N–H and O–H groups in total. The molecule has 1 fully saturated rings. The van der Waals surface area contributed by atoms with Crippen molar-refractivity contribution in [3.05, 3.63) is 53.1 Å². The highest BCUT2D eigenvalue weighted by atomic mass is 32.2. The molecule has 1 atom stereocenters. The molecule has 1 aliphatic rings. The van der Waals surface area contributed by atoms with Crippen LogP contribution in [0.15, 0.2) is 46.6 Å². The monoisotopic (exact) mass is 467 g/mol. The molecule has 11 heteroatoms. The molecule has 1 amide bonds. The minimum Gasteiger partial charge on any atom is -0.493 e. The highest BCUT2D eigenvalue weighted by Crippen LogP contribution is 2.37. The number of thioether (sulfide) groups is 1. The fourth-order valence-electron chi connectivity index (χ4n) is 3.00. The lowest BCUT2D eigenvalue weighted by Gasteiger charge is -2.12. The number of carbonyl (C=O) groups excluding carboxylic acids is 1. The Balaban J connectivity index is 1.70. The van der Waals surface area contributed by atoms with Crippen LogP contribution < -0.4 is 19.5 Å². The Kier molecular flexibility index (Phi) is 7.29. The molecule has 0 saturated carbocycles. The normalized spacial score (nSPS) is 17.6. The van der Waals surface area contributed by atoms with Gasteiger partial charge in [0.15, 0.2) is 16.7 Å². The topological polar surface area (TPSA) is 81.5 Å². The molecule has 7 nitrogen and oxygen atoms in total. The van der Waals surface area contributed by atoms with Gasteiger partial charge in [0.05, 0.1) is 38.4 Å².